The van der Waals surface area contributed by atoms with E-state index in [1.165, 1.54) is 57.1 Å². The highest BCUT2D eigenvalue weighted by molar-refractivity contribution is 4.95. The van der Waals surface area contributed by atoms with Crippen LogP contribution in [0.2, 0.25) is 0 Å². The van der Waals surface area contributed by atoms with Crippen LogP contribution in [0, 0.1) is 5.92 Å². The standard InChI is InChI=1S/C14H26N2/c1-3-5-6-7-9-13(8-4-2)10-14-11-15-12-16-14/h11-13H,3-10H2,1-2H3,(H,15,16). The van der Waals surface area contributed by atoms with Gasteiger partial charge >= 0.3 is 0 Å². The molecular weight excluding hydrogens is 196 g/mol. The first-order valence-corrected chi connectivity index (χ1v) is 6.84. The van der Waals surface area contributed by atoms with Crippen LogP contribution < -0.4 is 0 Å². The summed E-state index contributed by atoms with van der Waals surface area (Å²) in [5.41, 5.74) is 1.30. The first-order chi connectivity index (χ1) is 7.86. The van der Waals surface area contributed by atoms with Gasteiger partial charge in [0.05, 0.1) is 6.33 Å². The summed E-state index contributed by atoms with van der Waals surface area (Å²) in [5.74, 6) is 0.849. The zero-order valence-corrected chi connectivity index (χ0v) is 10.8. The molecule has 1 rings (SSSR count). The summed E-state index contributed by atoms with van der Waals surface area (Å²) < 4.78 is 0. The molecular formula is C14H26N2. The number of aromatic amines is 1. The Hall–Kier alpha value is -0.790. The molecule has 1 unspecified atom stereocenters. The van der Waals surface area contributed by atoms with Crippen LogP contribution in [0.5, 0.6) is 0 Å². The lowest BCUT2D eigenvalue weighted by molar-refractivity contribution is 0.416. The van der Waals surface area contributed by atoms with E-state index in [0.29, 0.717) is 0 Å². The number of nitrogens with one attached hydrogen (secondary N) is 1. The van der Waals surface area contributed by atoms with Gasteiger partial charge < -0.3 is 4.98 Å². The van der Waals surface area contributed by atoms with Gasteiger partial charge in [-0.1, -0.05) is 58.8 Å². The predicted molar refractivity (Wildman–Crippen MR) is 69.4 cm³/mol. The summed E-state index contributed by atoms with van der Waals surface area (Å²) in [6.45, 7) is 4.56. The molecule has 0 saturated carbocycles. The SMILES string of the molecule is CCCCCCC(CCC)Cc1cnc[nH]1. The second-order valence-electron chi connectivity index (χ2n) is 4.79. The van der Waals surface area contributed by atoms with Gasteiger partial charge in [0.25, 0.3) is 0 Å². The molecule has 92 valence electrons. The first kappa shape index (κ1) is 13.3. The fraction of sp³-hybridized carbons (Fsp3) is 0.786. The maximum atomic E-state index is 4.09. The van der Waals surface area contributed by atoms with Crippen molar-refractivity contribution < 1.29 is 0 Å². The molecule has 0 aromatic carbocycles. The lowest BCUT2D eigenvalue weighted by atomic mass is 9.92. The van der Waals surface area contributed by atoms with Crippen LogP contribution >= 0.6 is 0 Å². The smallest absolute Gasteiger partial charge is 0.0921 e. The van der Waals surface area contributed by atoms with Gasteiger partial charge in [-0.05, 0) is 12.3 Å². The van der Waals surface area contributed by atoms with Gasteiger partial charge in [0.15, 0.2) is 0 Å². The lowest BCUT2D eigenvalue weighted by Gasteiger charge is -2.14. The number of imidazole rings is 1. The maximum absolute atomic E-state index is 4.09. The average molecular weight is 222 g/mol. The van der Waals surface area contributed by atoms with Gasteiger partial charge in [0, 0.05) is 11.9 Å². The van der Waals surface area contributed by atoms with E-state index < -0.39 is 0 Å². The van der Waals surface area contributed by atoms with Crippen molar-refractivity contribution in [3.05, 3.63) is 18.2 Å². The molecule has 1 aromatic rings. The Labute approximate surface area is 99.9 Å². The van der Waals surface area contributed by atoms with Crippen LogP contribution in [0.4, 0.5) is 0 Å². The summed E-state index contributed by atoms with van der Waals surface area (Å²) >= 11 is 0. The minimum Gasteiger partial charge on any atom is -0.348 e. The highest BCUT2D eigenvalue weighted by Crippen LogP contribution is 2.19. The highest BCUT2D eigenvalue weighted by atomic mass is 14.9. The highest BCUT2D eigenvalue weighted by Gasteiger charge is 2.09. The molecule has 1 heterocycles. The molecule has 16 heavy (non-hydrogen) atoms. The molecule has 1 atom stereocenters. The van der Waals surface area contributed by atoms with E-state index >= 15 is 0 Å². The fourth-order valence-corrected chi connectivity index (χ4v) is 2.32. The van der Waals surface area contributed by atoms with Crippen molar-refractivity contribution in [3.8, 4) is 0 Å². The molecule has 0 fully saturated rings. The van der Waals surface area contributed by atoms with E-state index in [0.717, 1.165) is 5.92 Å². The van der Waals surface area contributed by atoms with Crippen molar-refractivity contribution in [1.82, 2.24) is 9.97 Å². The van der Waals surface area contributed by atoms with Gasteiger partial charge in [0.2, 0.25) is 0 Å². The largest absolute Gasteiger partial charge is 0.348 e. The number of aromatic nitrogens is 2. The zero-order valence-electron chi connectivity index (χ0n) is 10.8. The molecule has 0 spiro atoms. The summed E-state index contributed by atoms with van der Waals surface area (Å²) in [6.07, 6.45) is 14.5. The third-order valence-electron chi connectivity index (χ3n) is 3.23. The molecule has 1 aromatic heterocycles. The molecule has 0 radical (unpaired) electrons. The molecule has 2 heteroatoms. The van der Waals surface area contributed by atoms with Crippen molar-refractivity contribution in [2.75, 3.05) is 0 Å². The number of nitrogens with zero attached hydrogens (tertiary/aromatic N) is 1. The van der Waals surface area contributed by atoms with E-state index in [2.05, 4.69) is 23.8 Å². The number of unbranched alkanes of at least 4 members (excludes halogenated alkanes) is 3. The van der Waals surface area contributed by atoms with E-state index in [-0.39, 0.29) is 0 Å². The predicted octanol–water partition coefficient (Wildman–Crippen LogP) is 4.34. The molecule has 0 bridgehead atoms. The van der Waals surface area contributed by atoms with Crippen molar-refractivity contribution in [2.45, 2.75) is 65.2 Å². The summed E-state index contributed by atoms with van der Waals surface area (Å²) in [5, 5.41) is 0. The van der Waals surface area contributed by atoms with Crippen molar-refractivity contribution in [3.63, 3.8) is 0 Å². The van der Waals surface area contributed by atoms with Gasteiger partial charge in [-0.3, -0.25) is 0 Å². The minimum atomic E-state index is 0.849. The molecule has 0 aliphatic rings. The van der Waals surface area contributed by atoms with Gasteiger partial charge in [-0.25, -0.2) is 4.98 Å². The Morgan fingerprint density at radius 2 is 2.00 bits per heavy atom. The average Bonchev–Trinajstić information content (AvgIpc) is 2.77. The Bertz CT molecular complexity index is 241. The lowest BCUT2D eigenvalue weighted by Crippen LogP contribution is -2.05. The molecule has 0 aliphatic carbocycles. The van der Waals surface area contributed by atoms with Crippen molar-refractivity contribution in [1.29, 1.82) is 0 Å². The molecule has 1 N–H and O–H groups in total. The summed E-state index contributed by atoms with van der Waals surface area (Å²) in [4.78, 5) is 7.31. The molecule has 0 saturated heterocycles. The second-order valence-corrected chi connectivity index (χ2v) is 4.79. The van der Waals surface area contributed by atoms with E-state index in [4.69, 9.17) is 0 Å². The van der Waals surface area contributed by atoms with Gasteiger partial charge in [-0.15, -0.1) is 0 Å². The van der Waals surface area contributed by atoms with E-state index in [9.17, 15) is 0 Å². The molecule has 0 amide bonds. The zero-order chi connectivity index (χ0) is 11.6. The minimum absolute atomic E-state index is 0.849. The Morgan fingerprint density at radius 3 is 2.62 bits per heavy atom. The van der Waals surface area contributed by atoms with Crippen LogP contribution in [0.15, 0.2) is 12.5 Å². The Balaban J connectivity index is 2.24. The van der Waals surface area contributed by atoms with Crippen LogP contribution in [-0.4, -0.2) is 9.97 Å². The first-order valence-electron chi connectivity index (χ1n) is 6.84. The van der Waals surface area contributed by atoms with Crippen molar-refractivity contribution >= 4 is 0 Å². The van der Waals surface area contributed by atoms with Crippen molar-refractivity contribution in [2.24, 2.45) is 5.92 Å². The topological polar surface area (TPSA) is 28.7 Å². The van der Waals surface area contributed by atoms with Crippen LogP contribution in [-0.2, 0) is 6.42 Å². The Morgan fingerprint density at radius 1 is 1.12 bits per heavy atom. The number of rotatable bonds is 9. The number of H-pyrrole nitrogens is 1. The third kappa shape index (κ3) is 5.34. The monoisotopic (exact) mass is 222 g/mol. The maximum Gasteiger partial charge on any atom is 0.0921 e. The molecule has 2 nitrogen and oxygen atoms in total. The quantitative estimate of drug-likeness (QED) is 0.619. The fourth-order valence-electron chi connectivity index (χ4n) is 2.32. The normalized spacial score (nSPS) is 12.9. The van der Waals surface area contributed by atoms with E-state index in [1.807, 2.05) is 6.20 Å². The number of hydrogen-bond donors (Lipinski definition) is 1. The third-order valence-corrected chi connectivity index (χ3v) is 3.23. The van der Waals surface area contributed by atoms with Crippen LogP contribution in [0.3, 0.4) is 0 Å². The second kappa shape index (κ2) is 8.37. The number of hydrogen-bond acceptors (Lipinski definition) is 1. The van der Waals surface area contributed by atoms with Gasteiger partial charge in [0.1, 0.15) is 0 Å². The van der Waals surface area contributed by atoms with Crippen LogP contribution in [0.25, 0.3) is 0 Å². The summed E-state index contributed by atoms with van der Waals surface area (Å²) in [7, 11) is 0. The van der Waals surface area contributed by atoms with Gasteiger partial charge in [-0.2, -0.15) is 0 Å². The Kier molecular flexibility index (Phi) is 6.95. The summed E-state index contributed by atoms with van der Waals surface area (Å²) in [6, 6.07) is 0. The van der Waals surface area contributed by atoms with E-state index in [1.54, 1.807) is 6.33 Å². The van der Waals surface area contributed by atoms with Crippen LogP contribution in [0.1, 0.15) is 64.5 Å². The molecule has 0 aliphatic heterocycles.